The van der Waals surface area contributed by atoms with Crippen molar-refractivity contribution in [1.82, 2.24) is 10.1 Å². The maximum absolute atomic E-state index is 11.0. The van der Waals surface area contributed by atoms with Gasteiger partial charge in [-0.3, -0.25) is 0 Å². The Kier molecular flexibility index (Phi) is 3.14. The lowest BCUT2D eigenvalue weighted by Gasteiger charge is -2.17. The van der Waals surface area contributed by atoms with Crippen LogP contribution in [0.4, 0.5) is 5.69 Å². The molecular formula is C14H15N3O3. The summed E-state index contributed by atoms with van der Waals surface area (Å²) in [6.45, 7) is 3.32. The number of aryl methyl sites for hydroxylation is 1. The van der Waals surface area contributed by atoms with Crippen molar-refractivity contribution in [2.24, 2.45) is 0 Å². The van der Waals surface area contributed by atoms with Crippen LogP contribution in [0.15, 0.2) is 22.7 Å². The third kappa shape index (κ3) is 2.24. The van der Waals surface area contributed by atoms with Gasteiger partial charge < -0.3 is 14.5 Å². The van der Waals surface area contributed by atoms with Crippen LogP contribution in [0.5, 0.6) is 0 Å². The SMILES string of the molecule is CCc1noc(CN2CCc3ccc(C(=O)O)cc32)n1. The normalized spacial score (nSPS) is 13.6. The highest BCUT2D eigenvalue weighted by atomic mass is 16.5. The number of anilines is 1. The lowest BCUT2D eigenvalue weighted by molar-refractivity contribution is 0.0697. The number of carboxylic acid groups (broad SMARTS) is 1. The Hall–Kier alpha value is -2.37. The van der Waals surface area contributed by atoms with Gasteiger partial charge in [-0.15, -0.1) is 0 Å². The largest absolute Gasteiger partial charge is 0.478 e. The molecule has 0 saturated carbocycles. The number of aromatic carboxylic acids is 1. The molecule has 1 aliphatic heterocycles. The highest BCUT2D eigenvalue weighted by molar-refractivity contribution is 5.89. The van der Waals surface area contributed by atoms with Gasteiger partial charge in [0.25, 0.3) is 0 Å². The monoisotopic (exact) mass is 273 g/mol. The van der Waals surface area contributed by atoms with Crippen molar-refractivity contribution < 1.29 is 14.4 Å². The zero-order valence-corrected chi connectivity index (χ0v) is 11.2. The van der Waals surface area contributed by atoms with E-state index in [1.165, 1.54) is 0 Å². The van der Waals surface area contributed by atoms with Crippen LogP contribution in [0.25, 0.3) is 0 Å². The van der Waals surface area contributed by atoms with Crippen LogP contribution in [0.2, 0.25) is 0 Å². The number of rotatable bonds is 4. The van der Waals surface area contributed by atoms with E-state index >= 15 is 0 Å². The molecule has 20 heavy (non-hydrogen) atoms. The van der Waals surface area contributed by atoms with Gasteiger partial charge >= 0.3 is 5.97 Å². The number of aromatic nitrogens is 2. The first-order chi connectivity index (χ1) is 9.67. The van der Waals surface area contributed by atoms with Gasteiger partial charge in [0.1, 0.15) is 0 Å². The first-order valence-electron chi connectivity index (χ1n) is 6.60. The van der Waals surface area contributed by atoms with E-state index in [0.29, 0.717) is 23.8 Å². The number of benzene rings is 1. The number of carbonyl (C=O) groups is 1. The Labute approximate surface area is 116 Å². The van der Waals surface area contributed by atoms with E-state index in [2.05, 4.69) is 15.0 Å². The van der Waals surface area contributed by atoms with E-state index in [1.807, 2.05) is 13.0 Å². The van der Waals surface area contributed by atoms with Crippen LogP contribution in [0.3, 0.4) is 0 Å². The van der Waals surface area contributed by atoms with Crippen LogP contribution in [-0.4, -0.2) is 27.8 Å². The molecule has 1 aromatic carbocycles. The number of fused-ring (bicyclic) bond motifs is 1. The van der Waals surface area contributed by atoms with E-state index in [4.69, 9.17) is 9.63 Å². The van der Waals surface area contributed by atoms with Crippen LogP contribution in [0.1, 0.15) is 34.6 Å². The van der Waals surface area contributed by atoms with Gasteiger partial charge in [-0.25, -0.2) is 4.79 Å². The minimum Gasteiger partial charge on any atom is -0.478 e. The van der Waals surface area contributed by atoms with Gasteiger partial charge in [-0.1, -0.05) is 18.1 Å². The van der Waals surface area contributed by atoms with Gasteiger partial charge in [0.05, 0.1) is 12.1 Å². The third-order valence-electron chi connectivity index (χ3n) is 3.48. The number of hydrogen-bond donors (Lipinski definition) is 1. The summed E-state index contributed by atoms with van der Waals surface area (Å²) in [6, 6.07) is 5.23. The van der Waals surface area contributed by atoms with Crippen molar-refractivity contribution in [3.63, 3.8) is 0 Å². The van der Waals surface area contributed by atoms with Gasteiger partial charge in [-0.2, -0.15) is 4.98 Å². The molecule has 0 spiro atoms. The second-order valence-corrected chi connectivity index (χ2v) is 4.78. The second kappa shape index (κ2) is 4.96. The molecule has 0 atom stereocenters. The fraction of sp³-hybridized carbons (Fsp3) is 0.357. The van der Waals surface area contributed by atoms with Crippen molar-refractivity contribution in [3.8, 4) is 0 Å². The summed E-state index contributed by atoms with van der Waals surface area (Å²) in [7, 11) is 0. The van der Waals surface area contributed by atoms with E-state index < -0.39 is 5.97 Å². The van der Waals surface area contributed by atoms with Crippen LogP contribution in [0, 0.1) is 0 Å². The van der Waals surface area contributed by atoms with Crippen LogP contribution in [-0.2, 0) is 19.4 Å². The molecule has 0 aliphatic carbocycles. The number of carboxylic acids is 1. The lowest BCUT2D eigenvalue weighted by Crippen LogP contribution is -2.20. The summed E-state index contributed by atoms with van der Waals surface area (Å²) >= 11 is 0. The van der Waals surface area contributed by atoms with Crippen LogP contribution >= 0.6 is 0 Å². The van der Waals surface area contributed by atoms with Crippen molar-refractivity contribution in [2.75, 3.05) is 11.4 Å². The summed E-state index contributed by atoms with van der Waals surface area (Å²) in [4.78, 5) is 17.4. The number of hydrogen-bond acceptors (Lipinski definition) is 5. The Balaban J connectivity index is 1.84. The minimum absolute atomic E-state index is 0.301. The smallest absolute Gasteiger partial charge is 0.335 e. The topological polar surface area (TPSA) is 79.5 Å². The lowest BCUT2D eigenvalue weighted by atomic mass is 10.1. The average molecular weight is 273 g/mol. The summed E-state index contributed by atoms with van der Waals surface area (Å²) in [6.07, 6.45) is 1.65. The fourth-order valence-corrected chi connectivity index (χ4v) is 2.40. The second-order valence-electron chi connectivity index (χ2n) is 4.78. The zero-order valence-electron chi connectivity index (χ0n) is 11.2. The molecule has 0 fully saturated rings. The van der Waals surface area contributed by atoms with Gasteiger partial charge in [0.2, 0.25) is 5.89 Å². The molecule has 2 heterocycles. The van der Waals surface area contributed by atoms with Crippen molar-refractivity contribution >= 4 is 11.7 Å². The van der Waals surface area contributed by atoms with Crippen molar-refractivity contribution in [3.05, 3.63) is 41.0 Å². The Morgan fingerprint density at radius 1 is 1.50 bits per heavy atom. The average Bonchev–Trinajstić information content (AvgIpc) is 3.06. The molecule has 0 radical (unpaired) electrons. The third-order valence-corrected chi connectivity index (χ3v) is 3.48. The molecule has 6 heteroatoms. The van der Waals surface area contributed by atoms with Crippen molar-refractivity contribution in [2.45, 2.75) is 26.3 Å². The highest BCUT2D eigenvalue weighted by Crippen LogP contribution is 2.30. The molecule has 1 N–H and O–H groups in total. The standard InChI is InChI=1S/C14H15N3O3/c1-2-12-15-13(20-16-12)8-17-6-5-9-3-4-10(14(18)19)7-11(9)17/h3-4,7H,2,5-6,8H2,1H3,(H,18,19). The Morgan fingerprint density at radius 2 is 2.35 bits per heavy atom. The van der Waals surface area contributed by atoms with E-state index in [1.54, 1.807) is 12.1 Å². The molecule has 0 unspecified atom stereocenters. The van der Waals surface area contributed by atoms with Gasteiger partial charge in [0.15, 0.2) is 5.82 Å². The maximum Gasteiger partial charge on any atom is 0.335 e. The summed E-state index contributed by atoms with van der Waals surface area (Å²) in [5.41, 5.74) is 2.40. The quantitative estimate of drug-likeness (QED) is 0.916. The van der Waals surface area contributed by atoms with E-state index in [0.717, 1.165) is 30.6 Å². The molecule has 0 saturated heterocycles. The molecule has 3 rings (SSSR count). The molecule has 6 nitrogen and oxygen atoms in total. The Morgan fingerprint density at radius 3 is 3.05 bits per heavy atom. The van der Waals surface area contributed by atoms with Gasteiger partial charge in [0, 0.05) is 18.7 Å². The number of nitrogens with zero attached hydrogens (tertiary/aromatic N) is 3. The molecule has 104 valence electrons. The molecule has 1 aliphatic rings. The molecule has 1 aromatic heterocycles. The predicted molar refractivity (Wildman–Crippen MR) is 71.8 cm³/mol. The molecular weight excluding hydrogens is 258 g/mol. The van der Waals surface area contributed by atoms with E-state index in [9.17, 15) is 4.79 Å². The Bertz CT molecular complexity index is 651. The zero-order chi connectivity index (χ0) is 14.1. The summed E-state index contributed by atoms with van der Waals surface area (Å²) < 4.78 is 5.19. The fourth-order valence-electron chi connectivity index (χ4n) is 2.40. The summed E-state index contributed by atoms with van der Waals surface area (Å²) in [5, 5.41) is 12.9. The maximum atomic E-state index is 11.0. The molecule has 0 amide bonds. The highest BCUT2D eigenvalue weighted by Gasteiger charge is 2.22. The predicted octanol–water partition coefficient (Wildman–Crippen LogP) is 1.89. The first kappa shape index (κ1) is 12.7. The molecule has 2 aromatic rings. The van der Waals surface area contributed by atoms with E-state index in [-0.39, 0.29) is 0 Å². The summed E-state index contributed by atoms with van der Waals surface area (Å²) in [5.74, 6) is 0.347. The van der Waals surface area contributed by atoms with Gasteiger partial charge in [-0.05, 0) is 24.1 Å². The van der Waals surface area contributed by atoms with Crippen molar-refractivity contribution in [1.29, 1.82) is 0 Å². The molecule has 0 bridgehead atoms. The first-order valence-corrected chi connectivity index (χ1v) is 6.60. The van der Waals surface area contributed by atoms with Crippen LogP contribution < -0.4 is 4.90 Å². The minimum atomic E-state index is -0.911.